The Morgan fingerprint density at radius 3 is 2.42 bits per heavy atom. The molecule has 172 valence electrons. The van der Waals surface area contributed by atoms with Crippen LogP contribution in [0, 0.1) is 20.8 Å². The van der Waals surface area contributed by atoms with Crippen molar-refractivity contribution in [3.63, 3.8) is 0 Å². The Kier molecular flexibility index (Phi) is 8.83. The first-order chi connectivity index (χ1) is 15.9. The van der Waals surface area contributed by atoms with E-state index in [1.165, 1.54) is 17.3 Å². The second-order valence-electron chi connectivity index (χ2n) is 7.43. The van der Waals surface area contributed by atoms with E-state index in [1.807, 2.05) is 57.2 Å². The zero-order valence-corrected chi connectivity index (χ0v) is 20.1. The normalized spacial score (nSPS) is 10.9. The smallest absolute Gasteiger partial charge is 0.250 e. The van der Waals surface area contributed by atoms with Crippen LogP contribution in [0.2, 0.25) is 0 Å². The van der Waals surface area contributed by atoms with Crippen LogP contribution in [0.4, 0.5) is 0 Å². The maximum Gasteiger partial charge on any atom is 0.250 e. The average molecular weight is 465 g/mol. The molecule has 0 saturated carbocycles. The molecule has 0 aliphatic carbocycles. The maximum atomic E-state index is 12.1. The molecule has 0 unspecified atom stereocenters. The SMILES string of the molecule is CCOc1cc(/C=N\NC(=O)CSc2nc(C)cc(C)n2)ccc1OCc1ccc(C)cc1. The number of ether oxygens (including phenoxy) is 2. The summed E-state index contributed by atoms with van der Waals surface area (Å²) in [4.78, 5) is 20.7. The van der Waals surface area contributed by atoms with Gasteiger partial charge in [0.05, 0.1) is 18.6 Å². The maximum absolute atomic E-state index is 12.1. The van der Waals surface area contributed by atoms with Crippen molar-refractivity contribution in [1.82, 2.24) is 15.4 Å². The Balaban J connectivity index is 1.55. The molecule has 1 aromatic heterocycles. The van der Waals surface area contributed by atoms with Gasteiger partial charge in [-0.05, 0) is 63.1 Å². The minimum atomic E-state index is -0.234. The molecular weight excluding hydrogens is 436 g/mol. The number of carbonyl (C=O) groups excluding carboxylic acids is 1. The van der Waals surface area contributed by atoms with Gasteiger partial charge in [0.2, 0.25) is 0 Å². The van der Waals surface area contributed by atoms with E-state index in [0.717, 1.165) is 22.5 Å². The fourth-order valence-corrected chi connectivity index (χ4v) is 3.68. The number of hydrogen-bond acceptors (Lipinski definition) is 7. The van der Waals surface area contributed by atoms with Crippen LogP contribution in [-0.4, -0.2) is 34.4 Å². The van der Waals surface area contributed by atoms with Crippen LogP contribution in [0.3, 0.4) is 0 Å². The fourth-order valence-electron chi connectivity index (χ4n) is 2.94. The molecule has 1 amide bonds. The summed E-state index contributed by atoms with van der Waals surface area (Å²) in [5.41, 5.74) is 7.36. The molecule has 0 fully saturated rings. The molecule has 0 atom stereocenters. The van der Waals surface area contributed by atoms with Crippen molar-refractivity contribution in [2.45, 2.75) is 39.5 Å². The van der Waals surface area contributed by atoms with E-state index >= 15 is 0 Å². The van der Waals surface area contributed by atoms with Crippen molar-refractivity contribution in [3.8, 4) is 11.5 Å². The van der Waals surface area contributed by atoms with Crippen LogP contribution in [-0.2, 0) is 11.4 Å². The Hall–Kier alpha value is -3.39. The van der Waals surface area contributed by atoms with Crippen molar-refractivity contribution in [2.75, 3.05) is 12.4 Å². The van der Waals surface area contributed by atoms with Gasteiger partial charge in [-0.3, -0.25) is 4.79 Å². The number of carbonyl (C=O) groups is 1. The number of aromatic nitrogens is 2. The predicted octanol–water partition coefficient (Wildman–Crippen LogP) is 4.62. The average Bonchev–Trinajstić information content (AvgIpc) is 2.78. The van der Waals surface area contributed by atoms with Crippen LogP contribution >= 0.6 is 11.8 Å². The standard InChI is InChI=1S/C25H28N4O3S/c1-5-31-23-13-21(10-11-22(23)32-15-20-8-6-17(2)7-9-20)14-26-29-24(30)16-33-25-27-18(3)12-19(4)28-25/h6-14H,5,15-16H2,1-4H3,(H,29,30)/b26-14-. The molecule has 1 N–H and O–H groups in total. The van der Waals surface area contributed by atoms with Crippen LogP contribution in [0.1, 0.15) is 35.0 Å². The molecule has 0 saturated heterocycles. The summed E-state index contributed by atoms with van der Waals surface area (Å²) < 4.78 is 11.7. The van der Waals surface area contributed by atoms with Crippen LogP contribution in [0.25, 0.3) is 0 Å². The number of nitrogens with one attached hydrogen (secondary N) is 1. The van der Waals surface area contributed by atoms with Gasteiger partial charge < -0.3 is 9.47 Å². The summed E-state index contributed by atoms with van der Waals surface area (Å²) in [7, 11) is 0. The van der Waals surface area contributed by atoms with Crippen molar-refractivity contribution >= 4 is 23.9 Å². The molecule has 3 rings (SSSR count). The lowest BCUT2D eigenvalue weighted by Crippen LogP contribution is -2.19. The number of thioether (sulfide) groups is 1. The lowest BCUT2D eigenvalue weighted by atomic mass is 10.2. The highest BCUT2D eigenvalue weighted by Crippen LogP contribution is 2.29. The Morgan fingerprint density at radius 2 is 1.73 bits per heavy atom. The molecule has 8 heteroatoms. The summed E-state index contributed by atoms with van der Waals surface area (Å²) in [6.45, 7) is 8.74. The predicted molar refractivity (Wildman–Crippen MR) is 131 cm³/mol. The van der Waals surface area contributed by atoms with Gasteiger partial charge in [-0.2, -0.15) is 5.10 Å². The third-order valence-corrected chi connectivity index (χ3v) is 5.33. The largest absolute Gasteiger partial charge is 0.490 e. The van der Waals surface area contributed by atoms with E-state index in [-0.39, 0.29) is 11.7 Å². The lowest BCUT2D eigenvalue weighted by Gasteiger charge is -2.12. The molecule has 0 aliphatic heterocycles. The van der Waals surface area contributed by atoms with Crippen LogP contribution < -0.4 is 14.9 Å². The highest BCUT2D eigenvalue weighted by Gasteiger charge is 2.08. The first-order valence-corrected chi connectivity index (χ1v) is 11.6. The van der Waals surface area contributed by atoms with E-state index in [4.69, 9.17) is 9.47 Å². The van der Waals surface area contributed by atoms with Gasteiger partial charge in [0.25, 0.3) is 5.91 Å². The second kappa shape index (κ2) is 12.0. The molecular formula is C25H28N4O3S. The Bertz CT molecular complexity index is 1100. The Morgan fingerprint density at radius 1 is 1.00 bits per heavy atom. The van der Waals surface area contributed by atoms with Crippen LogP contribution in [0.15, 0.2) is 58.8 Å². The minimum absolute atomic E-state index is 0.177. The summed E-state index contributed by atoms with van der Waals surface area (Å²) in [5.74, 6) is 1.23. The molecule has 0 spiro atoms. The molecule has 3 aromatic rings. The molecule has 7 nitrogen and oxygen atoms in total. The van der Waals surface area contributed by atoms with Crippen molar-refractivity contribution in [1.29, 1.82) is 0 Å². The molecule has 2 aromatic carbocycles. The summed E-state index contributed by atoms with van der Waals surface area (Å²) in [5, 5.41) is 4.62. The monoisotopic (exact) mass is 464 g/mol. The van der Waals surface area contributed by atoms with E-state index in [9.17, 15) is 4.79 Å². The first-order valence-electron chi connectivity index (χ1n) is 10.6. The van der Waals surface area contributed by atoms with Gasteiger partial charge in [0.1, 0.15) is 6.61 Å². The van der Waals surface area contributed by atoms with E-state index < -0.39 is 0 Å². The number of nitrogens with zero attached hydrogens (tertiary/aromatic N) is 3. The zero-order valence-electron chi connectivity index (χ0n) is 19.3. The summed E-state index contributed by atoms with van der Waals surface area (Å²) >= 11 is 1.27. The van der Waals surface area contributed by atoms with Gasteiger partial charge in [-0.25, -0.2) is 15.4 Å². The third-order valence-electron chi connectivity index (χ3n) is 4.48. The highest BCUT2D eigenvalue weighted by molar-refractivity contribution is 7.99. The van der Waals surface area contributed by atoms with E-state index in [2.05, 4.69) is 39.6 Å². The Labute approximate surface area is 198 Å². The van der Waals surface area contributed by atoms with E-state index in [0.29, 0.717) is 29.9 Å². The lowest BCUT2D eigenvalue weighted by molar-refractivity contribution is -0.118. The van der Waals surface area contributed by atoms with Crippen LogP contribution in [0.5, 0.6) is 11.5 Å². The first kappa shape index (κ1) is 24.3. The third kappa shape index (κ3) is 7.91. The zero-order chi connectivity index (χ0) is 23.6. The minimum Gasteiger partial charge on any atom is -0.490 e. The molecule has 1 heterocycles. The second-order valence-corrected chi connectivity index (χ2v) is 8.37. The van der Waals surface area contributed by atoms with Crippen molar-refractivity contribution in [2.24, 2.45) is 5.10 Å². The quantitative estimate of drug-likeness (QED) is 0.204. The number of hydrogen-bond donors (Lipinski definition) is 1. The summed E-state index contributed by atoms with van der Waals surface area (Å²) in [6, 6.07) is 15.6. The molecule has 0 bridgehead atoms. The van der Waals surface area contributed by atoms with Crippen molar-refractivity contribution in [3.05, 3.63) is 76.6 Å². The topological polar surface area (TPSA) is 85.7 Å². The number of rotatable bonds is 10. The van der Waals surface area contributed by atoms with Gasteiger partial charge in [-0.15, -0.1) is 0 Å². The van der Waals surface area contributed by atoms with Crippen molar-refractivity contribution < 1.29 is 14.3 Å². The molecule has 0 aliphatic rings. The molecule has 0 radical (unpaired) electrons. The number of amides is 1. The van der Waals surface area contributed by atoms with Gasteiger partial charge >= 0.3 is 0 Å². The van der Waals surface area contributed by atoms with Gasteiger partial charge in [-0.1, -0.05) is 41.6 Å². The highest BCUT2D eigenvalue weighted by atomic mass is 32.2. The number of aryl methyl sites for hydroxylation is 3. The number of benzene rings is 2. The summed E-state index contributed by atoms with van der Waals surface area (Å²) in [6.07, 6.45) is 1.57. The number of hydrazone groups is 1. The van der Waals surface area contributed by atoms with Gasteiger partial charge in [0, 0.05) is 11.4 Å². The molecule has 33 heavy (non-hydrogen) atoms. The fraction of sp³-hybridized carbons (Fsp3) is 0.280. The van der Waals surface area contributed by atoms with Gasteiger partial charge in [0.15, 0.2) is 16.7 Å². The van der Waals surface area contributed by atoms with E-state index in [1.54, 1.807) is 6.21 Å².